The van der Waals surface area contributed by atoms with Gasteiger partial charge in [0.05, 0.1) is 11.0 Å². The second-order valence-corrected chi connectivity index (χ2v) is 15.7. The molecule has 0 saturated carbocycles. The van der Waals surface area contributed by atoms with Crippen molar-refractivity contribution in [3.05, 3.63) is 70.8 Å². The second kappa shape index (κ2) is 13.7. The summed E-state index contributed by atoms with van der Waals surface area (Å²) in [6, 6.07) is 0. The van der Waals surface area contributed by atoms with Gasteiger partial charge in [0, 0.05) is 37.0 Å². The Morgan fingerprint density at radius 2 is 1.35 bits per heavy atom. The standard InChI is InChI=1S/C40H52O8/c1-24(10-13-29-19-26(3)21-33(42)45-29)9-12-28-16-18-40(32-23-31(41)38(5,6)47-32,35-36(28)48-39(7,8)37(35)44)17-15-25(2)11-14-30-20-27(4)22-34(43)46-30/h10-11,13-14,21-25,28-30H,9,12,15-20H2,1-8H3/b13-10+,14-11+/t24?,25?,28-,29+,30+,40-/m0/s1. The van der Waals surface area contributed by atoms with Crippen molar-refractivity contribution < 1.29 is 38.1 Å². The van der Waals surface area contributed by atoms with E-state index in [-0.39, 0.29) is 53.5 Å². The van der Waals surface area contributed by atoms with Crippen molar-refractivity contribution in [2.24, 2.45) is 23.2 Å². The van der Waals surface area contributed by atoms with Gasteiger partial charge in [-0.15, -0.1) is 0 Å². The van der Waals surface area contributed by atoms with E-state index in [4.69, 9.17) is 18.9 Å². The lowest BCUT2D eigenvalue weighted by molar-refractivity contribution is -0.143. The fourth-order valence-electron chi connectivity index (χ4n) is 7.56. The minimum absolute atomic E-state index is 0.0427. The summed E-state index contributed by atoms with van der Waals surface area (Å²) in [6.45, 7) is 15.4. The summed E-state index contributed by atoms with van der Waals surface area (Å²) in [4.78, 5) is 51.1. The molecule has 6 atom stereocenters. The van der Waals surface area contributed by atoms with Gasteiger partial charge >= 0.3 is 11.9 Å². The van der Waals surface area contributed by atoms with E-state index in [0.717, 1.165) is 42.6 Å². The van der Waals surface area contributed by atoms with Gasteiger partial charge in [-0.1, -0.05) is 37.1 Å². The number of hydrogen-bond acceptors (Lipinski definition) is 8. The molecule has 260 valence electrons. The van der Waals surface area contributed by atoms with Gasteiger partial charge in [-0.05, 0) is 104 Å². The Balaban J connectivity index is 1.37. The molecule has 0 fully saturated rings. The first-order valence-corrected chi connectivity index (χ1v) is 17.6. The average Bonchev–Trinajstić information content (AvgIpc) is 3.41. The Morgan fingerprint density at radius 3 is 1.88 bits per heavy atom. The van der Waals surface area contributed by atoms with Gasteiger partial charge in [-0.3, -0.25) is 9.59 Å². The molecule has 2 unspecified atom stereocenters. The summed E-state index contributed by atoms with van der Waals surface area (Å²) in [6.07, 6.45) is 18.2. The lowest BCUT2D eigenvalue weighted by Crippen LogP contribution is -2.39. The predicted molar refractivity (Wildman–Crippen MR) is 182 cm³/mol. The summed E-state index contributed by atoms with van der Waals surface area (Å²) in [5.74, 6) is 0.990. The molecule has 0 saturated heterocycles. The van der Waals surface area contributed by atoms with Crippen LogP contribution in [0.3, 0.4) is 0 Å². The summed E-state index contributed by atoms with van der Waals surface area (Å²) in [7, 11) is 0. The summed E-state index contributed by atoms with van der Waals surface area (Å²) < 4.78 is 23.9. The Hall–Kier alpha value is -3.68. The molecule has 48 heavy (non-hydrogen) atoms. The molecule has 5 rings (SSSR count). The summed E-state index contributed by atoms with van der Waals surface area (Å²) in [5.41, 5.74) is -0.109. The SMILES string of the molecule is CC1=CC(=O)O[C@H](/C=C/C(C)CC[C@H]2CC[C@@](CCC(C)/C=C/[C@@H]3CC(C)=CC(=O)O3)(C3=CC(=O)C(C)(C)O3)C3=C2OC(C)(C)C3=O)C1. The molecule has 0 N–H and O–H groups in total. The zero-order valence-electron chi connectivity index (χ0n) is 29.9. The van der Waals surface area contributed by atoms with E-state index in [1.807, 2.05) is 39.8 Å². The van der Waals surface area contributed by atoms with Crippen LogP contribution in [0.5, 0.6) is 0 Å². The maximum absolute atomic E-state index is 14.3. The highest BCUT2D eigenvalue weighted by Crippen LogP contribution is 2.59. The van der Waals surface area contributed by atoms with Crippen LogP contribution in [-0.4, -0.2) is 46.9 Å². The van der Waals surface area contributed by atoms with Crippen LogP contribution in [0.1, 0.15) is 107 Å². The van der Waals surface area contributed by atoms with E-state index in [1.165, 1.54) is 6.08 Å². The van der Waals surface area contributed by atoms with Crippen LogP contribution < -0.4 is 0 Å². The third-order valence-electron chi connectivity index (χ3n) is 10.5. The van der Waals surface area contributed by atoms with Gasteiger partial charge in [-0.2, -0.15) is 0 Å². The maximum Gasteiger partial charge on any atom is 0.331 e. The zero-order chi connectivity index (χ0) is 35.0. The van der Waals surface area contributed by atoms with Gasteiger partial charge in [0.2, 0.25) is 11.6 Å². The van der Waals surface area contributed by atoms with Gasteiger partial charge in [-0.25, -0.2) is 9.59 Å². The molecule has 0 aromatic heterocycles. The normalized spacial score (nSPS) is 31.1. The van der Waals surface area contributed by atoms with E-state index < -0.39 is 16.6 Å². The summed E-state index contributed by atoms with van der Waals surface area (Å²) >= 11 is 0. The molecule has 5 aliphatic rings. The number of allylic oxidation sites excluding steroid dienone is 4. The van der Waals surface area contributed by atoms with Gasteiger partial charge < -0.3 is 18.9 Å². The highest BCUT2D eigenvalue weighted by Gasteiger charge is 2.58. The van der Waals surface area contributed by atoms with Crippen LogP contribution in [0.4, 0.5) is 0 Å². The molecule has 0 aromatic carbocycles. The highest BCUT2D eigenvalue weighted by atomic mass is 16.5. The van der Waals surface area contributed by atoms with Crippen LogP contribution in [0, 0.1) is 23.2 Å². The number of carbonyl (C=O) groups excluding carboxylic acids is 4. The van der Waals surface area contributed by atoms with E-state index in [1.54, 1.807) is 26.0 Å². The second-order valence-electron chi connectivity index (χ2n) is 15.7. The van der Waals surface area contributed by atoms with Crippen molar-refractivity contribution in [3.63, 3.8) is 0 Å². The van der Waals surface area contributed by atoms with Crippen LogP contribution >= 0.6 is 0 Å². The Bertz CT molecular complexity index is 1530. The Kier molecular flexibility index (Phi) is 10.1. The lowest BCUT2D eigenvalue weighted by atomic mass is 9.62. The first kappa shape index (κ1) is 35.6. The average molecular weight is 661 g/mol. The fourth-order valence-corrected chi connectivity index (χ4v) is 7.56. The van der Waals surface area contributed by atoms with Crippen molar-refractivity contribution in [2.75, 3.05) is 0 Å². The molecule has 0 aromatic rings. The number of ketones is 2. The molecule has 4 aliphatic heterocycles. The highest BCUT2D eigenvalue weighted by molar-refractivity contribution is 6.06. The number of Topliss-reactive ketones (excluding diaryl/α,β-unsaturated/α-hetero) is 1. The number of hydrogen-bond donors (Lipinski definition) is 0. The van der Waals surface area contributed by atoms with Crippen LogP contribution in [-0.2, 0) is 38.1 Å². The minimum Gasteiger partial charge on any atom is -0.483 e. The van der Waals surface area contributed by atoms with E-state index in [2.05, 4.69) is 26.0 Å². The van der Waals surface area contributed by atoms with Crippen molar-refractivity contribution >= 4 is 23.5 Å². The van der Waals surface area contributed by atoms with Crippen LogP contribution in [0.25, 0.3) is 0 Å². The van der Waals surface area contributed by atoms with Crippen molar-refractivity contribution in [1.82, 2.24) is 0 Å². The third-order valence-corrected chi connectivity index (χ3v) is 10.5. The fraction of sp³-hybridized carbons (Fsp3) is 0.600. The summed E-state index contributed by atoms with van der Waals surface area (Å²) in [5, 5.41) is 0. The molecular weight excluding hydrogens is 608 g/mol. The molecule has 0 amide bonds. The number of ether oxygens (including phenoxy) is 4. The largest absolute Gasteiger partial charge is 0.483 e. The molecule has 8 heteroatoms. The van der Waals surface area contributed by atoms with Gasteiger partial charge in [0.15, 0.2) is 11.2 Å². The van der Waals surface area contributed by atoms with Gasteiger partial charge in [0.1, 0.15) is 23.7 Å². The number of esters is 2. The van der Waals surface area contributed by atoms with E-state index >= 15 is 0 Å². The predicted octanol–water partition coefficient (Wildman–Crippen LogP) is 7.75. The topological polar surface area (TPSA) is 105 Å². The maximum atomic E-state index is 14.3. The third kappa shape index (κ3) is 7.63. The van der Waals surface area contributed by atoms with E-state index in [0.29, 0.717) is 37.0 Å². The quantitative estimate of drug-likeness (QED) is 0.164. The number of cyclic esters (lactones) is 2. The van der Waals surface area contributed by atoms with Gasteiger partial charge in [0.25, 0.3) is 0 Å². The molecule has 0 spiro atoms. The Morgan fingerprint density at radius 1 is 0.792 bits per heavy atom. The smallest absolute Gasteiger partial charge is 0.331 e. The molecule has 4 heterocycles. The zero-order valence-corrected chi connectivity index (χ0v) is 29.9. The minimum atomic E-state index is -1.01. The monoisotopic (exact) mass is 660 g/mol. The van der Waals surface area contributed by atoms with Crippen LogP contribution in [0.2, 0.25) is 0 Å². The molecule has 0 bridgehead atoms. The van der Waals surface area contributed by atoms with Crippen molar-refractivity contribution in [1.29, 1.82) is 0 Å². The first-order chi connectivity index (χ1) is 22.5. The van der Waals surface area contributed by atoms with E-state index in [9.17, 15) is 19.2 Å². The lowest BCUT2D eigenvalue weighted by Gasteiger charge is -2.41. The Labute approximate surface area is 285 Å². The first-order valence-electron chi connectivity index (χ1n) is 17.6. The number of rotatable bonds is 11. The number of carbonyl (C=O) groups is 4. The molecule has 0 radical (unpaired) electrons. The molecular formula is C40H52O8. The van der Waals surface area contributed by atoms with Crippen molar-refractivity contribution in [2.45, 2.75) is 130 Å². The molecule has 1 aliphatic carbocycles. The van der Waals surface area contributed by atoms with Crippen molar-refractivity contribution in [3.8, 4) is 0 Å². The van der Waals surface area contributed by atoms with Crippen LogP contribution in [0.15, 0.2) is 70.8 Å². The molecule has 8 nitrogen and oxygen atoms in total.